The molecule has 306 valence electrons. The van der Waals surface area contributed by atoms with Crippen molar-refractivity contribution in [2.45, 2.75) is 103 Å². The number of amides is 3. The second kappa shape index (κ2) is 15.5. The number of carbonyl (C=O) groups excluding carboxylic acids is 4. The van der Waals surface area contributed by atoms with E-state index in [1.807, 2.05) is 18.2 Å². The fourth-order valence-electron chi connectivity index (χ4n) is 7.50. The number of likely N-dealkylation sites (tertiary alicyclic amines) is 1. The molecule has 6 rings (SSSR count). The molecule has 1 aromatic heterocycles. The van der Waals surface area contributed by atoms with E-state index in [0.717, 1.165) is 5.39 Å². The smallest absolute Gasteiger partial charge is 0.408 e. The molecule has 3 heterocycles. The van der Waals surface area contributed by atoms with Gasteiger partial charge in [-0.3, -0.25) is 19.1 Å². The van der Waals surface area contributed by atoms with Gasteiger partial charge >= 0.3 is 6.09 Å². The second-order valence-electron chi connectivity index (χ2n) is 17.4. The van der Waals surface area contributed by atoms with Crippen LogP contribution in [0.3, 0.4) is 0 Å². The van der Waals surface area contributed by atoms with Crippen molar-refractivity contribution >= 4 is 50.3 Å². The van der Waals surface area contributed by atoms with E-state index in [1.54, 1.807) is 60.8 Å². The van der Waals surface area contributed by atoms with Gasteiger partial charge in [-0.25, -0.2) is 13.2 Å². The third-order valence-electron chi connectivity index (χ3n) is 10.9. The first kappa shape index (κ1) is 41.2. The van der Waals surface area contributed by atoms with E-state index in [4.69, 9.17) is 23.9 Å². The average Bonchev–Trinajstić information content (AvgIpc) is 4.06. The van der Waals surface area contributed by atoms with Gasteiger partial charge < -0.3 is 34.1 Å². The number of methoxy groups -OCH3 is 1. The molecule has 2 N–H and O–H groups in total. The fraction of sp³-hybridized carbons (Fsp3) is 0.625. The second-order valence-corrected chi connectivity index (χ2v) is 19.4. The minimum atomic E-state index is -3.88. The third kappa shape index (κ3) is 9.06. The van der Waals surface area contributed by atoms with Crippen LogP contribution in [0.15, 0.2) is 36.9 Å². The molecule has 2 aliphatic carbocycles. The molecule has 1 aromatic carbocycles. The summed E-state index contributed by atoms with van der Waals surface area (Å²) in [6.07, 6.45) is 0.989. The molecule has 2 saturated heterocycles. The van der Waals surface area contributed by atoms with Crippen LogP contribution < -0.4 is 24.4 Å². The molecule has 15 nitrogen and oxygen atoms in total. The van der Waals surface area contributed by atoms with E-state index in [9.17, 15) is 27.6 Å². The summed E-state index contributed by atoms with van der Waals surface area (Å²) in [4.78, 5) is 64.4. The topological polar surface area (TPSA) is 183 Å². The highest BCUT2D eigenvalue weighted by Gasteiger charge is 2.61. The summed E-state index contributed by atoms with van der Waals surface area (Å²) in [6, 6.07) is 5.33. The summed E-state index contributed by atoms with van der Waals surface area (Å²) in [7, 11) is -2.29. The molecule has 0 spiro atoms. The quantitative estimate of drug-likeness (QED) is 0.277. The molecule has 56 heavy (non-hydrogen) atoms. The number of Topliss-reactive ketones (excluding diaryl/α,β-unsaturated/α-hetero) is 1. The van der Waals surface area contributed by atoms with Crippen LogP contribution in [-0.2, 0) is 33.9 Å². The standard InChI is InChI=1S/C40H55N5O10S/c1-9-25-21-40(25,36(48)43-56(50,51)28-11-12-28)22-31(46)30-20-27(23-45(30)35(47)33(38(2,3)4)42-37(49)55-39(5,6)7)54-34-29-13-10-26(52-8)18-24(29)19-32(41-34)44-14-16-53-17-15-44/h9-10,13,18-19,25,27-28,30,33H,1,11-12,14-17,20-23H2,2-8H3,(H,42,49)(H,43,48)/t25-,27-,30+,33-,40-/m1/s1. The SMILES string of the molecule is C=C[C@@H]1C[C@]1(CC(=O)[C@@H]1C[C@@H](Oc2nc(N3CCOCC3)cc3cc(OC)ccc23)CN1C(=O)[C@@H](NC(=O)OC(C)(C)C)C(C)(C)C)C(=O)NS(=O)(=O)C1CC1. The number of hydrogen-bond donors (Lipinski definition) is 2. The highest BCUT2D eigenvalue weighted by Crippen LogP contribution is 2.57. The van der Waals surface area contributed by atoms with Gasteiger partial charge in [0.2, 0.25) is 27.7 Å². The Hall–Kier alpha value is -4.44. The van der Waals surface area contributed by atoms with Gasteiger partial charge in [0.05, 0.1) is 43.6 Å². The lowest BCUT2D eigenvalue weighted by Gasteiger charge is -2.36. The van der Waals surface area contributed by atoms with Gasteiger partial charge in [0.1, 0.15) is 29.3 Å². The Morgan fingerprint density at radius 3 is 2.38 bits per heavy atom. The van der Waals surface area contributed by atoms with Crippen LogP contribution in [0.2, 0.25) is 0 Å². The molecular weight excluding hydrogens is 743 g/mol. The molecule has 0 radical (unpaired) electrons. The van der Waals surface area contributed by atoms with Gasteiger partial charge in [-0.15, -0.1) is 6.58 Å². The summed E-state index contributed by atoms with van der Waals surface area (Å²) < 4.78 is 51.0. The van der Waals surface area contributed by atoms with E-state index in [2.05, 4.69) is 21.5 Å². The number of ether oxygens (including phenoxy) is 4. The number of nitrogens with one attached hydrogen (secondary N) is 2. The van der Waals surface area contributed by atoms with Crippen LogP contribution in [0.1, 0.15) is 73.6 Å². The maximum Gasteiger partial charge on any atom is 0.408 e. The van der Waals surface area contributed by atoms with Crippen LogP contribution in [-0.4, -0.2) is 111 Å². The number of allylic oxidation sites excluding steroid dienone is 1. The van der Waals surface area contributed by atoms with Crippen molar-refractivity contribution in [1.82, 2.24) is 19.9 Å². The molecule has 2 aromatic rings. The van der Waals surface area contributed by atoms with Crippen LogP contribution >= 0.6 is 0 Å². The number of hydrogen-bond acceptors (Lipinski definition) is 12. The molecule has 2 aliphatic heterocycles. The molecule has 0 bridgehead atoms. The van der Waals surface area contributed by atoms with Crippen molar-refractivity contribution in [2.24, 2.45) is 16.7 Å². The molecule has 4 aliphatic rings. The van der Waals surface area contributed by atoms with Gasteiger partial charge in [-0.05, 0) is 81.0 Å². The van der Waals surface area contributed by atoms with Crippen molar-refractivity contribution < 1.29 is 46.5 Å². The number of morpholine rings is 1. The van der Waals surface area contributed by atoms with Crippen molar-refractivity contribution in [2.75, 3.05) is 44.9 Å². The highest BCUT2D eigenvalue weighted by molar-refractivity contribution is 7.90. The summed E-state index contributed by atoms with van der Waals surface area (Å²) in [6.45, 7) is 16.7. The number of ketones is 1. The lowest BCUT2D eigenvalue weighted by atomic mass is 9.85. The van der Waals surface area contributed by atoms with Crippen LogP contribution in [0.25, 0.3) is 10.8 Å². The normalized spacial score (nSPS) is 24.6. The summed E-state index contributed by atoms with van der Waals surface area (Å²) >= 11 is 0. The summed E-state index contributed by atoms with van der Waals surface area (Å²) in [5.41, 5.74) is -2.97. The molecule has 0 unspecified atom stereocenters. The van der Waals surface area contributed by atoms with Gasteiger partial charge in [-0.1, -0.05) is 26.8 Å². The largest absolute Gasteiger partial charge is 0.497 e. The Kier molecular flexibility index (Phi) is 11.4. The van der Waals surface area contributed by atoms with E-state index >= 15 is 0 Å². The van der Waals surface area contributed by atoms with Gasteiger partial charge in [0, 0.05) is 31.3 Å². The number of alkyl carbamates (subject to hydrolysis) is 1. The predicted molar refractivity (Wildman–Crippen MR) is 209 cm³/mol. The minimum Gasteiger partial charge on any atom is -0.497 e. The first-order valence-electron chi connectivity index (χ1n) is 19.2. The maximum atomic E-state index is 14.7. The first-order valence-corrected chi connectivity index (χ1v) is 20.8. The molecule has 5 atom stereocenters. The van der Waals surface area contributed by atoms with Gasteiger partial charge in [-0.2, -0.15) is 4.98 Å². The van der Waals surface area contributed by atoms with Crippen molar-refractivity contribution in [3.8, 4) is 11.6 Å². The number of anilines is 1. The van der Waals surface area contributed by atoms with Gasteiger partial charge in [0.25, 0.3) is 0 Å². The van der Waals surface area contributed by atoms with Gasteiger partial charge in [0.15, 0.2) is 5.78 Å². The van der Waals surface area contributed by atoms with Crippen LogP contribution in [0.5, 0.6) is 11.6 Å². The summed E-state index contributed by atoms with van der Waals surface area (Å²) in [5.74, 6) is -0.480. The third-order valence-corrected chi connectivity index (χ3v) is 12.7. The first-order chi connectivity index (χ1) is 26.2. The Balaban J connectivity index is 1.33. The zero-order valence-electron chi connectivity index (χ0n) is 33.4. The predicted octanol–water partition coefficient (Wildman–Crippen LogP) is 4.13. The Labute approximate surface area is 328 Å². The summed E-state index contributed by atoms with van der Waals surface area (Å²) in [5, 5.41) is 3.64. The van der Waals surface area contributed by atoms with E-state index in [1.165, 1.54) is 4.90 Å². The Morgan fingerprint density at radius 2 is 1.79 bits per heavy atom. The van der Waals surface area contributed by atoms with Crippen LogP contribution in [0.4, 0.5) is 10.6 Å². The lowest BCUT2D eigenvalue weighted by Crippen LogP contribution is -2.57. The van der Waals surface area contributed by atoms with Crippen molar-refractivity contribution in [3.63, 3.8) is 0 Å². The van der Waals surface area contributed by atoms with Crippen molar-refractivity contribution in [1.29, 1.82) is 0 Å². The maximum absolute atomic E-state index is 14.7. The number of rotatable bonds is 13. The van der Waals surface area contributed by atoms with E-state index in [-0.39, 0.29) is 25.8 Å². The number of benzene rings is 1. The number of aromatic nitrogens is 1. The molecule has 16 heteroatoms. The number of carbonyl (C=O) groups is 4. The Morgan fingerprint density at radius 1 is 1.09 bits per heavy atom. The zero-order chi connectivity index (χ0) is 40.8. The number of nitrogens with zero attached hydrogens (tertiary/aromatic N) is 3. The number of fused-ring (bicyclic) bond motifs is 1. The monoisotopic (exact) mass is 797 g/mol. The number of pyridine rings is 1. The average molecular weight is 798 g/mol. The van der Waals surface area contributed by atoms with E-state index < -0.39 is 79.5 Å². The minimum absolute atomic E-state index is 0.0287. The van der Waals surface area contributed by atoms with E-state index in [0.29, 0.717) is 62.0 Å². The fourth-order valence-corrected chi connectivity index (χ4v) is 8.88. The molecule has 4 fully saturated rings. The molecular formula is C40H55N5O10S. The molecule has 2 saturated carbocycles. The Bertz CT molecular complexity index is 1980. The highest BCUT2D eigenvalue weighted by atomic mass is 32.2. The van der Waals surface area contributed by atoms with Crippen molar-refractivity contribution in [3.05, 3.63) is 36.9 Å². The molecule has 3 amide bonds. The number of sulfonamides is 1. The zero-order valence-corrected chi connectivity index (χ0v) is 34.2. The lowest BCUT2D eigenvalue weighted by molar-refractivity contribution is -0.142. The van der Waals surface area contributed by atoms with Crippen LogP contribution in [0, 0.1) is 16.7 Å².